The molecule has 1 rings (SSSR count). The van der Waals surface area contributed by atoms with Crippen molar-refractivity contribution in [1.82, 2.24) is 15.1 Å². The maximum Gasteiger partial charge on any atom is 0.0537 e. The molecule has 0 saturated heterocycles. The van der Waals surface area contributed by atoms with Crippen LogP contribution in [0, 0.1) is 5.92 Å². The van der Waals surface area contributed by atoms with E-state index in [4.69, 9.17) is 0 Å². The minimum absolute atomic E-state index is 0.504. The molecule has 0 aliphatic rings. The van der Waals surface area contributed by atoms with Crippen molar-refractivity contribution in [1.29, 1.82) is 0 Å². The van der Waals surface area contributed by atoms with E-state index in [0.717, 1.165) is 25.9 Å². The molecule has 0 aliphatic carbocycles. The highest BCUT2D eigenvalue weighted by Crippen LogP contribution is 2.17. The van der Waals surface area contributed by atoms with Gasteiger partial charge >= 0.3 is 0 Å². The van der Waals surface area contributed by atoms with Crippen LogP contribution in [0.3, 0.4) is 0 Å². The van der Waals surface area contributed by atoms with E-state index in [1.807, 2.05) is 6.20 Å². The van der Waals surface area contributed by atoms with Gasteiger partial charge in [-0.2, -0.15) is 5.10 Å². The number of hydrogen-bond donors (Lipinski definition) is 1. The van der Waals surface area contributed by atoms with Gasteiger partial charge < -0.3 is 5.32 Å². The quantitative estimate of drug-likeness (QED) is 0.789. The first-order valence-electron chi connectivity index (χ1n) is 6.86. The Morgan fingerprint density at radius 3 is 2.53 bits per heavy atom. The van der Waals surface area contributed by atoms with Gasteiger partial charge in [0, 0.05) is 23.8 Å². The Morgan fingerprint density at radius 2 is 2.00 bits per heavy atom. The van der Waals surface area contributed by atoms with E-state index in [2.05, 4.69) is 49.7 Å². The summed E-state index contributed by atoms with van der Waals surface area (Å²) in [6, 6.07) is 0.504. The van der Waals surface area contributed by atoms with Gasteiger partial charge in [-0.05, 0) is 32.2 Å². The largest absolute Gasteiger partial charge is 0.312 e. The van der Waals surface area contributed by atoms with Gasteiger partial charge in [0.25, 0.3) is 0 Å². The molecule has 1 heterocycles. The summed E-state index contributed by atoms with van der Waals surface area (Å²) < 4.78 is 2.19. The lowest BCUT2D eigenvalue weighted by Gasteiger charge is -2.14. The predicted molar refractivity (Wildman–Crippen MR) is 73.2 cm³/mol. The van der Waals surface area contributed by atoms with Crippen LogP contribution in [-0.2, 0) is 13.0 Å². The molecule has 0 fully saturated rings. The highest BCUT2D eigenvalue weighted by atomic mass is 15.3. The molecule has 0 radical (unpaired) electrons. The second kappa shape index (κ2) is 6.80. The fourth-order valence-electron chi connectivity index (χ4n) is 2.01. The van der Waals surface area contributed by atoms with Crippen molar-refractivity contribution in [2.45, 2.75) is 60.0 Å². The Balaban J connectivity index is 2.69. The van der Waals surface area contributed by atoms with Gasteiger partial charge in [0.1, 0.15) is 0 Å². The van der Waals surface area contributed by atoms with Crippen LogP contribution < -0.4 is 5.32 Å². The topological polar surface area (TPSA) is 29.9 Å². The van der Waals surface area contributed by atoms with Crippen LogP contribution in [0.25, 0.3) is 0 Å². The van der Waals surface area contributed by atoms with Crippen molar-refractivity contribution in [3.63, 3.8) is 0 Å². The molecule has 3 heteroatoms. The fraction of sp³-hybridized carbons (Fsp3) is 0.786. The van der Waals surface area contributed by atoms with Gasteiger partial charge in [-0.1, -0.05) is 27.7 Å². The second-order valence-electron chi connectivity index (χ2n) is 5.20. The van der Waals surface area contributed by atoms with Crippen LogP contribution >= 0.6 is 0 Å². The summed E-state index contributed by atoms with van der Waals surface area (Å²) in [6.07, 6.45) is 4.22. The third kappa shape index (κ3) is 3.84. The summed E-state index contributed by atoms with van der Waals surface area (Å²) in [7, 11) is 0. The first-order valence-corrected chi connectivity index (χ1v) is 6.86. The van der Waals surface area contributed by atoms with Crippen molar-refractivity contribution in [2.24, 2.45) is 5.92 Å². The Labute approximate surface area is 106 Å². The number of aromatic nitrogens is 2. The molecule has 1 atom stereocenters. The Kier molecular flexibility index (Phi) is 5.69. The van der Waals surface area contributed by atoms with E-state index in [9.17, 15) is 0 Å². The van der Waals surface area contributed by atoms with Crippen molar-refractivity contribution in [3.8, 4) is 0 Å². The van der Waals surface area contributed by atoms with Crippen molar-refractivity contribution < 1.29 is 0 Å². The SMILES string of the molecule is CCc1c(CNCC(C)C)cnn1C(C)CC. The zero-order valence-electron chi connectivity index (χ0n) is 12.0. The second-order valence-corrected chi connectivity index (χ2v) is 5.20. The van der Waals surface area contributed by atoms with Crippen LogP contribution in [0.15, 0.2) is 6.20 Å². The first-order chi connectivity index (χ1) is 8.10. The molecule has 17 heavy (non-hydrogen) atoms. The number of nitrogens with zero attached hydrogens (tertiary/aromatic N) is 2. The summed E-state index contributed by atoms with van der Waals surface area (Å²) in [5, 5.41) is 8.02. The lowest BCUT2D eigenvalue weighted by atomic mass is 10.1. The maximum atomic E-state index is 4.53. The monoisotopic (exact) mass is 237 g/mol. The van der Waals surface area contributed by atoms with Crippen LogP contribution in [0.4, 0.5) is 0 Å². The smallest absolute Gasteiger partial charge is 0.0537 e. The molecule has 0 saturated carbocycles. The van der Waals surface area contributed by atoms with Crippen molar-refractivity contribution in [3.05, 3.63) is 17.5 Å². The Bertz CT molecular complexity index is 328. The summed E-state index contributed by atoms with van der Waals surface area (Å²) >= 11 is 0. The van der Waals surface area contributed by atoms with Gasteiger partial charge in [0.15, 0.2) is 0 Å². The number of hydrogen-bond acceptors (Lipinski definition) is 2. The van der Waals surface area contributed by atoms with Crippen LogP contribution in [-0.4, -0.2) is 16.3 Å². The standard InChI is InChI=1S/C14H27N3/c1-6-12(5)17-14(7-2)13(10-16-17)9-15-8-11(3)4/h10-12,15H,6-9H2,1-5H3. The average Bonchev–Trinajstić information content (AvgIpc) is 2.70. The Hall–Kier alpha value is -0.830. The Morgan fingerprint density at radius 1 is 1.29 bits per heavy atom. The molecular weight excluding hydrogens is 210 g/mol. The minimum Gasteiger partial charge on any atom is -0.312 e. The van der Waals surface area contributed by atoms with Crippen LogP contribution in [0.5, 0.6) is 0 Å². The van der Waals surface area contributed by atoms with Crippen LogP contribution in [0.1, 0.15) is 58.3 Å². The highest BCUT2D eigenvalue weighted by Gasteiger charge is 2.12. The lowest BCUT2D eigenvalue weighted by molar-refractivity contribution is 0.460. The lowest BCUT2D eigenvalue weighted by Crippen LogP contribution is -2.20. The molecule has 0 bridgehead atoms. The van der Waals surface area contributed by atoms with Gasteiger partial charge in [0.05, 0.1) is 6.20 Å². The molecule has 3 nitrogen and oxygen atoms in total. The van der Waals surface area contributed by atoms with Crippen LogP contribution in [0.2, 0.25) is 0 Å². The van der Waals surface area contributed by atoms with E-state index in [-0.39, 0.29) is 0 Å². The molecule has 1 N–H and O–H groups in total. The highest BCUT2D eigenvalue weighted by molar-refractivity contribution is 5.18. The molecule has 0 aromatic carbocycles. The van der Waals surface area contributed by atoms with E-state index in [0.29, 0.717) is 12.0 Å². The minimum atomic E-state index is 0.504. The summed E-state index contributed by atoms with van der Waals surface area (Å²) in [5.41, 5.74) is 2.74. The summed E-state index contributed by atoms with van der Waals surface area (Å²) in [4.78, 5) is 0. The van der Waals surface area contributed by atoms with E-state index < -0.39 is 0 Å². The normalized spacial score (nSPS) is 13.3. The van der Waals surface area contributed by atoms with E-state index >= 15 is 0 Å². The molecule has 98 valence electrons. The predicted octanol–water partition coefficient (Wildman–Crippen LogP) is 3.16. The molecule has 1 unspecified atom stereocenters. The third-order valence-corrected chi connectivity index (χ3v) is 3.20. The van der Waals surface area contributed by atoms with Gasteiger partial charge in [0.2, 0.25) is 0 Å². The summed E-state index contributed by atoms with van der Waals surface area (Å²) in [5.74, 6) is 0.699. The molecule has 1 aromatic heterocycles. The van der Waals surface area contributed by atoms with E-state index in [1.54, 1.807) is 0 Å². The van der Waals surface area contributed by atoms with Crippen molar-refractivity contribution in [2.75, 3.05) is 6.54 Å². The fourth-order valence-corrected chi connectivity index (χ4v) is 2.01. The van der Waals surface area contributed by atoms with Gasteiger partial charge in [-0.25, -0.2) is 0 Å². The zero-order chi connectivity index (χ0) is 12.8. The number of rotatable bonds is 7. The third-order valence-electron chi connectivity index (χ3n) is 3.20. The van der Waals surface area contributed by atoms with Gasteiger partial charge in [-0.15, -0.1) is 0 Å². The molecule has 0 amide bonds. The molecule has 0 aliphatic heterocycles. The van der Waals surface area contributed by atoms with Gasteiger partial charge in [-0.3, -0.25) is 4.68 Å². The van der Waals surface area contributed by atoms with Crippen molar-refractivity contribution >= 4 is 0 Å². The summed E-state index contributed by atoms with van der Waals surface area (Å²) in [6.45, 7) is 13.1. The number of nitrogens with one attached hydrogen (secondary N) is 1. The molecule has 1 aromatic rings. The zero-order valence-corrected chi connectivity index (χ0v) is 12.0. The molecular formula is C14H27N3. The average molecular weight is 237 g/mol. The maximum absolute atomic E-state index is 4.53. The first kappa shape index (κ1) is 14.2. The van der Waals surface area contributed by atoms with E-state index in [1.165, 1.54) is 11.3 Å². The molecule has 0 spiro atoms.